The van der Waals surface area contributed by atoms with Crippen molar-refractivity contribution >= 4 is 82.9 Å². The molecule has 0 radical (unpaired) electrons. The van der Waals surface area contributed by atoms with E-state index in [4.69, 9.17) is 4.42 Å². The number of furan rings is 1. The molecule has 0 atom stereocenters. The highest BCUT2D eigenvalue weighted by molar-refractivity contribution is 6.24. The molecule has 4 heterocycles. The highest BCUT2D eigenvalue weighted by Gasteiger charge is 2.24. The molecule has 0 N–H and O–H groups in total. The summed E-state index contributed by atoms with van der Waals surface area (Å²) >= 11 is 0. The predicted octanol–water partition coefficient (Wildman–Crippen LogP) is 12.1. The van der Waals surface area contributed by atoms with Gasteiger partial charge in [-0.3, -0.25) is 8.80 Å². The molecule has 7 aromatic carbocycles. The van der Waals surface area contributed by atoms with Gasteiger partial charge in [0.25, 0.3) is 0 Å². The van der Waals surface area contributed by atoms with Crippen LogP contribution in [0.2, 0.25) is 0 Å². The second kappa shape index (κ2) is 9.50. The SMILES string of the molecule is c1ccc(-c2ccc(N(c3ccc4c5c6ccccc6n6c7ccccc7n(c4c3)c56)c3cccc4oc5ccccc5c34)cc2)cc1. The molecule has 0 amide bonds. The Labute approximate surface area is 275 Å². The molecule has 0 aliphatic carbocycles. The van der Waals surface area contributed by atoms with Crippen molar-refractivity contribution < 1.29 is 4.42 Å². The summed E-state index contributed by atoms with van der Waals surface area (Å²) in [7, 11) is 0. The predicted molar refractivity (Wildman–Crippen MR) is 199 cm³/mol. The zero-order valence-corrected chi connectivity index (χ0v) is 25.8. The van der Waals surface area contributed by atoms with Gasteiger partial charge >= 0.3 is 0 Å². The minimum atomic E-state index is 0.877. The maximum Gasteiger partial charge on any atom is 0.137 e. The van der Waals surface area contributed by atoms with Gasteiger partial charge in [-0.25, -0.2) is 0 Å². The van der Waals surface area contributed by atoms with Crippen LogP contribution in [-0.4, -0.2) is 8.80 Å². The molecule has 11 rings (SSSR count). The van der Waals surface area contributed by atoms with Crippen LogP contribution in [0, 0.1) is 0 Å². The summed E-state index contributed by atoms with van der Waals surface area (Å²) in [6.07, 6.45) is 0. The third-order valence-electron chi connectivity index (χ3n) is 10.0. The Kier molecular flexibility index (Phi) is 5.08. The van der Waals surface area contributed by atoms with Gasteiger partial charge in [0.2, 0.25) is 0 Å². The van der Waals surface area contributed by atoms with Gasteiger partial charge in [-0.05, 0) is 71.8 Å². The van der Waals surface area contributed by atoms with Gasteiger partial charge in [0, 0.05) is 32.9 Å². The Hall–Kier alpha value is -6.52. The summed E-state index contributed by atoms with van der Waals surface area (Å²) in [6.45, 7) is 0. The molecule has 0 unspecified atom stereocenters. The van der Waals surface area contributed by atoms with Crippen LogP contribution in [0.5, 0.6) is 0 Å². The van der Waals surface area contributed by atoms with E-state index in [9.17, 15) is 0 Å². The van der Waals surface area contributed by atoms with Crippen molar-refractivity contribution in [3.05, 3.63) is 164 Å². The Bertz CT molecular complexity index is 2990. The largest absolute Gasteiger partial charge is 0.456 e. The molecule has 0 aliphatic rings. The topological polar surface area (TPSA) is 25.2 Å². The minimum Gasteiger partial charge on any atom is -0.456 e. The molecule has 48 heavy (non-hydrogen) atoms. The number of hydrogen-bond donors (Lipinski definition) is 0. The lowest BCUT2D eigenvalue weighted by molar-refractivity contribution is 0.669. The van der Waals surface area contributed by atoms with Gasteiger partial charge in [0.15, 0.2) is 0 Å². The molecule has 0 fully saturated rings. The van der Waals surface area contributed by atoms with Crippen molar-refractivity contribution in [3.8, 4) is 11.1 Å². The molecule has 0 saturated heterocycles. The van der Waals surface area contributed by atoms with E-state index in [-0.39, 0.29) is 0 Å². The maximum absolute atomic E-state index is 6.38. The summed E-state index contributed by atoms with van der Waals surface area (Å²) in [4.78, 5) is 2.39. The third-order valence-corrected chi connectivity index (χ3v) is 10.0. The molecular formula is C44H27N3O. The fraction of sp³-hybridized carbons (Fsp3) is 0. The number of imidazole rings is 1. The molecule has 0 aliphatic heterocycles. The van der Waals surface area contributed by atoms with E-state index in [1.54, 1.807) is 0 Å². The van der Waals surface area contributed by atoms with Crippen LogP contribution < -0.4 is 4.90 Å². The first kappa shape index (κ1) is 25.6. The molecule has 4 nitrogen and oxygen atoms in total. The van der Waals surface area contributed by atoms with Gasteiger partial charge in [-0.2, -0.15) is 0 Å². The van der Waals surface area contributed by atoms with Crippen LogP contribution in [0.4, 0.5) is 17.1 Å². The fourth-order valence-electron chi connectivity index (χ4n) is 8.01. The van der Waals surface area contributed by atoms with Crippen molar-refractivity contribution in [2.24, 2.45) is 0 Å². The summed E-state index contributed by atoms with van der Waals surface area (Å²) in [5.41, 5.74) is 13.5. The van der Waals surface area contributed by atoms with E-state index in [2.05, 4.69) is 171 Å². The number of benzene rings is 7. The second-order valence-electron chi connectivity index (χ2n) is 12.6. The highest BCUT2D eigenvalue weighted by Crippen LogP contribution is 2.46. The van der Waals surface area contributed by atoms with Crippen LogP contribution in [0.1, 0.15) is 0 Å². The maximum atomic E-state index is 6.38. The van der Waals surface area contributed by atoms with Crippen molar-refractivity contribution in [1.82, 2.24) is 8.80 Å². The fourth-order valence-corrected chi connectivity index (χ4v) is 8.01. The Morgan fingerprint density at radius 2 is 1.00 bits per heavy atom. The number of nitrogens with zero attached hydrogens (tertiary/aromatic N) is 3. The molecule has 224 valence electrons. The number of hydrogen-bond acceptors (Lipinski definition) is 2. The quantitative estimate of drug-likeness (QED) is 0.197. The lowest BCUT2D eigenvalue weighted by Crippen LogP contribution is -2.10. The van der Waals surface area contributed by atoms with E-state index >= 15 is 0 Å². The number of aromatic nitrogens is 2. The van der Waals surface area contributed by atoms with Gasteiger partial charge in [-0.1, -0.05) is 103 Å². The Morgan fingerprint density at radius 1 is 0.396 bits per heavy atom. The van der Waals surface area contributed by atoms with Crippen LogP contribution in [0.25, 0.3) is 76.9 Å². The Morgan fingerprint density at radius 3 is 1.81 bits per heavy atom. The van der Waals surface area contributed by atoms with Crippen LogP contribution in [0.15, 0.2) is 168 Å². The van der Waals surface area contributed by atoms with Crippen LogP contribution in [-0.2, 0) is 0 Å². The highest BCUT2D eigenvalue weighted by atomic mass is 16.3. The van der Waals surface area contributed by atoms with Gasteiger partial charge < -0.3 is 9.32 Å². The number of para-hydroxylation sites is 4. The first-order valence-corrected chi connectivity index (χ1v) is 16.4. The van der Waals surface area contributed by atoms with Gasteiger partial charge in [0.1, 0.15) is 16.8 Å². The normalized spacial score (nSPS) is 12.2. The first-order chi connectivity index (χ1) is 23.8. The van der Waals surface area contributed by atoms with Gasteiger partial charge in [0.05, 0.1) is 33.1 Å². The molecule has 0 spiro atoms. The molecule has 4 aromatic heterocycles. The summed E-state index contributed by atoms with van der Waals surface area (Å²) < 4.78 is 11.3. The standard InChI is InChI=1S/C44H27N3O/c1-2-11-28(12-3-1)29-21-23-30(24-22-29)45(38-18-10-20-41-43(38)34-14-5-9-19-40(34)48-41)31-25-26-33-39(27-31)47-37-17-8-7-16-36(37)46-35-15-6-4-13-32(35)42(33)44(46)47/h1-27H. The number of fused-ring (bicyclic) bond motifs is 12. The molecule has 11 aromatic rings. The zero-order chi connectivity index (χ0) is 31.3. The van der Waals surface area contributed by atoms with Crippen LogP contribution in [0.3, 0.4) is 0 Å². The van der Waals surface area contributed by atoms with Crippen molar-refractivity contribution in [2.75, 3.05) is 4.90 Å². The number of anilines is 3. The van der Waals surface area contributed by atoms with Crippen molar-refractivity contribution in [2.45, 2.75) is 0 Å². The second-order valence-corrected chi connectivity index (χ2v) is 12.6. The monoisotopic (exact) mass is 613 g/mol. The van der Waals surface area contributed by atoms with Crippen LogP contribution >= 0.6 is 0 Å². The first-order valence-electron chi connectivity index (χ1n) is 16.4. The zero-order valence-electron chi connectivity index (χ0n) is 25.8. The van der Waals surface area contributed by atoms with E-state index in [0.717, 1.165) is 39.0 Å². The average molecular weight is 614 g/mol. The minimum absolute atomic E-state index is 0.877. The van der Waals surface area contributed by atoms with E-state index in [0.29, 0.717) is 0 Å². The van der Waals surface area contributed by atoms with E-state index in [1.165, 1.54) is 55.0 Å². The average Bonchev–Trinajstić information content (AvgIpc) is 3.88. The molecule has 4 heteroatoms. The summed E-state index contributed by atoms with van der Waals surface area (Å²) in [5, 5.41) is 6.04. The summed E-state index contributed by atoms with van der Waals surface area (Å²) in [5.74, 6) is 0. The van der Waals surface area contributed by atoms with Crippen molar-refractivity contribution in [3.63, 3.8) is 0 Å². The Balaban J connectivity index is 1.22. The number of rotatable bonds is 4. The van der Waals surface area contributed by atoms with Gasteiger partial charge in [-0.15, -0.1) is 0 Å². The molecular weight excluding hydrogens is 587 g/mol. The van der Waals surface area contributed by atoms with Crippen molar-refractivity contribution in [1.29, 1.82) is 0 Å². The smallest absolute Gasteiger partial charge is 0.137 e. The van der Waals surface area contributed by atoms with E-state index < -0.39 is 0 Å². The third kappa shape index (κ3) is 3.38. The van der Waals surface area contributed by atoms with E-state index in [1.807, 2.05) is 6.07 Å². The molecule has 0 bridgehead atoms. The summed E-state index contributed by atoms with van der Waals surface area (Å²) in [6, 6.07) is 58.7. The lowest BCUT2D eigenvalue weighted by Gasteiger charge is -2.26. The lowest BCUT2D eigenvalue weighted by atomic mass is 10.0. The molecule has 0 saturated carbocycles.